The molecule has 1 heterocycles. The molecule has 0 saturated carbocycles. The van der Waals surface area contributed by atoms with Crippen molar-refractivity contribution in [1.29, 1.82) is 0 Å². The van der Waals surface area contributed by atoms with Crippen LogP contribution in [0.15, 0.2) is 42.5 Å². The van der Waals surface area contributed by atoms with Gasteiger partial charge in [0.2, 0.25) is 0 Å². The van der Waals surface area contributed by atoms with E-state index in [1.54, 1.807) is 0 Å². The van der Waals surface area contributed by atoms with Crippen LogP contribution in [0.3, 0.4) is 0 Å². The predicted molar refractivity (Wildman–Crippen MR) is 81.3 cm³/mol. The highest BCUT2D eigenvalue weighted by Crippen LogP contribution is 2.53. The fourth-order valence-electron chi connectivity index (χ4n) is 3.81. The van der Waals surface area contributed by atoms with Gasteiger partial charge < -0.3 is 0 Å². The number of fused-ring (bicyclic) bond motifs is 4. The molecular formula is C18H16F3NO. The van der Waals surface area contributed by atoms with E-state index in [0.29, 0.717) is 12.1 Å². The Bertz CT molecular complexity index is 807. The second-order valence-corrected chi connectivity index (χ2v) is 6.00. The quantitative estimate of drug-likeness (QED) is 0.776. The molecule has 0 saturated heterocycles. The first-order valence-corrected chi connectivity index (χ1v) is 7.45. The van der Waals surface area contributed by atoms with Gasteiger partial charge in [0.25, 0.3) is 0 Å². The minimum atomic E-state index is -4.42. The van der Waals surface area contributed by atoms with E-state index in [2.05, 4.69) is 0 Å². The van der Waals surface area contributed by atoms with Crippen LogP contribution in [0.1, 0.15) is 30.0 Å². The zero-order valence-corrected chi connectivity index (χ0v) is 12.5. The molecule has 2 unspecified atom stereocenters. The maximum absolute atomic E-state index is 13.1. The predicted octanol–water partition coefficient (Wildman–Crippen LogP) is 4.32. The van der Waals surface area contributed by atoms with E-state index in [0.717, 1.165) is 35.2 Å². The van der Waals surface area contributed by atoms with Crippen LogP contribution in [0.4, 0.5) is 18.9 Å². The summed E-state index contributed by atoms with van der Waals surface area (Å²) in [5, 5.41) is 1.30. The van der Waals surface area contributed by atoms with Crippen molar-refractivity contribution in [2.75, 3.05) is 18.7 Å². The molecule has 0 radical (unpaired) electrons. The average Bonchev–Trinajstić information content (AvgIpc) is 3.05. The van der Waals surface area contributed by atoms with Crippen molar-refractivity contribution in [3.63, 3.8) is 0 Å². The highest BCUT2D eigenvalue weighted by Gasteiger charge is 2.49. The van der Waals surface area contributed by atoms with Crippen LogP contribution < -0.4 is 5.06 Å². The maximum atomic E-state index is 13.1. The van der Waals surface area contributed by atoms with E-state index < -0.39 is 23.7 Å². The molecule has 23 heavy (non-hydrogen) atoms. The average molecular weight is 320 g/mol. The van der Waals surface area contributed by atoms with Gasteiger partial charge in [-0.3, -0.25) is 9.90 Å². The summed E-state index contributed by atoms with van der Waals surface area (Å²) in [7, 11) is 1.39. The monoisotopic (exact) mass is 320 g/mol. The van der Waals surface area contributed by atoms with Crippen molar-refractivity contribution in [3.8, 4) is 0 Å². The van der Waals surface area contributed by atoms with E-state index in [-0.39, 0.29) is 0 Å². The van der Waals surface area contributed by atoms with E-state index in [1.807, 2.05) is 24.3 Å². The zero-order valence-electron chi connectivity index (χ0n) is 13.5. The minimum absolute atomic E-state index is 0.337. The first kappa shape index (κ1) is 13.4. The number of benzene rings is 2. The van der Waals surface area contributed by atoms with Gasteiger partial charge in [-0.05, 0) is 41.7 Å². The van der Waals surface area contributed by atoms with Crippen LogP contribution in [0, 0.1) is 0 Å². The lowest BCUT2D eigenvalue weighted by atomic mass is 9.77. The largest absolute Gasteiger partial charge is 0.416 e. The molecule has 0 N–H and O–H groups in total. The zero-order chi connectivity index (χ0) is 17.1. The number of aryl methyl sites for hydroxylation is 1. The van der Waals surface area contributed by atoms with Gasteiger partial charge in [-0.2, -0.15) is 13.2 Å². The van der Waals surface area contributed by atoms with Crippen molar-refractivity contribution >= 4 is 5.69 Å². The molecule has 5 heteroatoms. The molecule has 2 nitrogen and oxygen atoms in total. The Balaban J connectivity index is 1.95. The summed E-state index contributed by atoms with van der Waals surface area (Å²) in [6, 6.07) is 11.6. The van der Waals surface area contributed by atoms with Gasteiger partial charge in [0.1, 0.15) is 0 Å². The van der Waals surface area contributed by atoms with E-state index in [4.69, 9.17) is 6.21 Å². The number of halogens is 3. The SMILES string of the molecule is [2H]C1N(OC)c2cc(C(F)(F)F)ccc2C12CCc1ccccc12. The molecule has 1 aliphatic carbocycles. The summed E-state index contributed by atoms with van der Waals surface area (Å²) in [4.78, 5) is 5.30. The fraction of sp³-hybridized carbons (Fsp3) is 0.333. The third kappa shape index (κ3) is 1.99. The Morgan fingerprint density at radius 2 is 1.96 bits per heavy atom. The second kappa shape index (κ2) is 4.74. The summed E-state index contributed by atoms with van der Waals surface area (Å²) < 4.78 is 48.0. The van der Waals surface area contributed by atoms with Crippen molar-refractivity contribution < 1.29 is 19.4 Å². The molecule has 0 aromatic heterocycles. The van der Waals surface area contributed by atoms with Gasteiger partial charge in [-0.1, -0.05) is 30.3 Å². The van der Waals surface area contributed by atoms with Gasteiger partial charge in [0, 0.05) is 5.41 Å². The molecule has 0 fully saturated rings. The molecule has 2 atom stereocenters. The Hall–Kier alpha value is -2.01. The van der Waals surface area contributed by atoms with Gasteiger partial charge in [-0.25, -0.2) is 0 Å². The Labute approximate surface area is 133 Å². The molecule has 2 aromatic rings. The highest BCUT2D eigenvalue weighted by molar-refractivity contribution is 5.68. The van der Waals surface area contributed by atoms with Crippen molar-refractivity contribution in [2.24, 2.45) is 0 Å². The maximum Gasteiger partial charge on any atom is 0.416 e. The third-order valence-corrected chi connectivity index (χ3v) is 4.86. The van der Waals surface area contributed by atoms with Gasteiger partial charge in [-0.15, -0.1) is 0 Å². The lowest BCUT2D eigenvalue weighted by Gasteiger charge is -2.26. The van der Waals surface area contributed by atoms with Crippen LogP contribution in [-0.4, -0.2) is 13.6 Å². The van der Waals surface area contributed by atoms with Crippen LogP contribution in [0.25, 0.3) is 0 Å². The topological polar surface area (TPSA) is 12.5 Å². The summed E-state index contributed by atoms with van der Waals surface area (Å²) in [6.07, 6.45) is -2.92. The smallest absolute Gasteiger partial charge is 0.277 e. The molecule has 0 bridgehead atoms. The number of anilines is 1. The number of rotatable bonds is 1. The molecule has 120 valence electrons. The van der Waals surface area contributed by atoms with E-state index in [1.165, 1.54) is 18.2 Å². The van der Waals surface area contributed by atoms with Crippen LogP contribution in [-0.2, 0) is 22.8 Å². The fourth-order valence-corrected chi connectivity index (χ4v) is 3.81. The molecule has 1 spiro atoms. The molecule has 2 aromatic carbocycles. The van der Waals surface area contributed by atoms with Gasteiger partial charge >= 0.3 is 6.18 Å². The van der Waals surface area contributed by atoms with E-state index in [9.17, 15) is 13.2 Å². The first-order chi connectivity index (χ1) is 11.4. The van der Waals surface area contributed by atoms with Crippen LogP contribution in [0.2, 0.25) is 0 Å². The minimum Gasteiger partial charge on any atom is -0.277 e. The molecule has 1 aliphatic heterocycles. The molecule has 0 amide bonds. The number of nitrogens with zero attached hydrogens (tertiary/aromatic N) is 1. The summed E-state index contributed by atoms with van der Waals surface area (Å²) in [5.41, 5.74) is 1.88. The number of hydrogen-bond donors (Lipinski definition) is 0. The normalized spacial score (nSPS) is 26.3. The third-order valence-electron chi connectivity index (χ3n) is 4.86. The van der Waals surface area contributed by atoms with Crippen molar-refractivity contribution in [1.82, 2.24) is 0 Å². The van der Waals surface area contributed by atoms with Gasteiger partial charge in [0.15, 0.2) is 0 Å². The standard InChI is InChI=1S/C18H16F3NO/c1-23-22-11-17(9-8-12-4-2-3-5-14(12)17)15-7-6-13(10-16(15)22)18(19,20)21/h2-7,10H,8-9,11H2,1H3/i11D. The first-order valence-electron chi connectivity index (χ1n) is 8.03. The molecule has 4 rings (SSSR count). The Morgan fingerprint density at radius 1 is 1.17 bits per heavy atom. The van der Waals surface area contributed by atoms with Crippen LogP contribution >= 0.6 is 0 Å². The summed E-state index contributed by atoms with van der Waals surface area (Å²) >= 11 is 0. The Morgan fingerprint density at radius 3 is 2.70 bits per heavy atom. The number of hydrogen-bond acceptors (Lipinski definition) is 2. The van der Waals surface area contributed by atoms with Gasteiger partial charge in [0.05, 0.1) is 26.3 Å². The lowest BCUT2D eigenvalue weighted by Crippen LogP contribution is -2.32. The summed E-state index contributed by atoms with van der Waals surface area (Å²) in [5.74, 6) is 0. The Kier molecular flexibility index (Phi) is 2.77. The number of hydroxylamine groups is 1. The van der Waals surface area contributed by atoms with Crippen molar-refractivity contribution in [2.45, 2.75) is 24.4 Å². The van der Waals surface area contributed by atoms with Crippen molar-refractivity contribution in [3.05, 3.63) is 64.7 Å². The number of alkyl halides is 3. The molecule has 2 aliphatic rings. The summed E-state index contributed by atoms with van der Waals surface area (Å²) in [6.45, 7) is -0.815. The second-order valence-electron chi connectivity index (χ2n) is 6.00. The van der Waals surface area contributed by atoms with Crippen LogP contribution in [0.5, 0.6) is 0 Å². The molecular weight excluding hydrogens is 303 g/mol. The highest BCUT2D eigenvalue weighted by atomic mass is 19.4. The van der Waals surface area contributed by atoms with E-state index >= 15 is 0 Å². The lowest BCUT2D eigenvalue weighted by molar-refractivity contribution is -0.137.